The van der Waals surface area contributed by atoms with Crippen LogP contribution in [0.15, 0.2) is 10.4 Å². The lowest BCUT2D eigenvalue weighted by molar-refractivity contribution is 0.0389. The minimum absolute atomic E-state index is 0. The molecule has 2 heterocycles. The van der Waals surface area contributed by atoms with E-state index in [0.717, 1.165) is 56.2 Å². The average Bonchev–Trinajstić information content (AvgIpc) is 3.01. The Hall–Kier alpha value is -0.650. The van der Waals surface area contributed by atoms with Crippen molar-refractivity contribution in [2.24, 2.45) is 4.99 Å². The van der Waals surface area contributed by atoms with Gasteiger partial charge in [0.15, 0.2) is 11.1 Å². The fourth-order valence-corrected chi connectivity index (χ4v) is 2.89. The largest absolute Gasteiger partial charge is 0.379 e. The zero-order valence-corrected chi connectivity index (χ0v) is 17.2. The number of anilines is 1. The molecule has 9 heteroatoms. The van der Waals surface area contributed by atoms with Crippen molar-refractivity contribution in [3.63, 3.8) is 0 Å². The van der Waals surface area contributed by atoms with Crippen molar-refractivity contribution < 1.29 is 4.74 Å². The van der Waals surface area contributed by atoms with Crippen molar-refractivity contribution in [1.29, 1.82) is 0 Å². The van der Waals surface area contributed by atoms with Gasteiger partial charge in [0.05, 0.1) is 25.5 Å². The molecule has 0 amide bonds. The number of hydrogen-bond acceptors (Lipinski definition) is 6. The van der Waals surface area contributed by atoms with E-state index in [1.54, 1.807) is 18.4 Å². The molecule has 0 aliphatic carbocycles. The van der Waals surface area contributed by atoms with E-state index < -0.39 is 0 Å². The van der Waals surface area contributed by atoms with E-state index in [2.05, 4.69) is 30.9 Å². The van der Waals surface area contributed by atoms with Gasteiger partial charge < -0.3 is 20.3 Å². The summed E-state index contributed by atoms with van der Waals surface area (Å²) in [6.07, 6.45) is 0. The average molecular weight is 454 g/mol. The van der Waals surface area contributed by atoms with Crippen LogP contribution in [0.1, 0.15) is 5.69 Å². The number of aliphatic imine (C=N–C) groups is 1. The van der Waals surface area contributed by atoms with Crippen LogP contribution in [0.5, 0.6) is 0 Å². The summed E-state index contributed by atoms with van der Waals surface area (Å²) >= 11 is 1.65. The summed E-state index contributed by atoms with van der Waals surface area (Å²) in [5.41, 5.74) is 1.03. The number of aromatic nitrogens is 1. The van der Waals surface area contributed by atoms with Gasteiger partial charge >= 0.3 is 0 Å². The van der Waals surface area contributed by atoms with Gasteiger partial charge in [-0.25, -0.2) is 4.98 Å². The highest BCUT2D eigenvalue weighted by Gasteiger charge is 2.10. The Balaban J connectivity index is 0.00000264. The van der Waals surface area contributed by atoms with Gasteiger partial charge in [0.1, 0.15) is 0 Å². The molecule has 1 aromatic heterocycles. The Morgan fingerprint density at radius 3 is 2.74 bits per heavy atom. The third-order valence-corrected chi connectivity index (χ3v) is 4.46. The van der Waals surface area contributed by atoms with Gasteiger partial charge in [0.2, 0.25) is 0 Å². The number of thiazole rings is 1. The Kier molecular flexibility index (Phi) is 9.75. The number of ether oxygens (including phenoxy) is 1. The highest BCUT2D eigenvalue weighted by Crippen LogP contribution is 2.17. The topological polar surface area (TPSA) is 65.0 Å². The maximum atomic E-state index is 5.35. The molecule has 2 N–H and O–H groups in total. The van der Waals surface area contributed by atoms with Gasteiger partial charge in [-0.05, 0) is 0 Å². The molecule has 0 spiro atoms. The zero-order valence-electron chi connectivity index (χ0n) is 14.0. The van der Waals surface area contributed by atoms with Crippen LogP contribution < -0.4 is 15.5 Å². The van der Waals surface area contributed by atoms with Crippen LogP contribution in [-0.4, -0.2) is 76.4 Å². The molecule has 1 aliphatic heterocycles. The number of nitrogens with one attached hydrogen (secondary N) is 2. The van der Waals surface area contributed by atoms with Gasteiger partial charge in [0.25, 0.3) is 0 Å². The maximum Gasteiger partial charge on any atom is 0.191 e. The summed E-state index contributed by atoms with van der Waals surface area (Å²) < 4.78 is 5.35. The second-order valence-corrected chi connectivity index (χ2v) is 6.16. The minimum atomic E-state index is 0. The van der Waals surface area contributed by atoms with Crippen molar-refractivity contribution in [2.75, 3.05) is 65.4 Å². The van der Waals surface area contributed by atoms with Gasteiger partial charge in [-0.2, -0.15) is 0 Å². The normalized spacial score (nSPS) is 15.9. The number of rotatable bonds is 6. The molecule has 23 heavy (non-hydrogen) atoms. The van der Waals surface area contributed by atoms with Crippen molar-refractivity contribution >= 4 is 46.4 Å². The lowest BCUT2D eigenvalue weighted by Crippen LogP contribution is -2.44. The number of halogens is 1. The highest BCUT2D eigenvalue weighted by atomic mass is 127. The van der Waals surface area contributed by atoms with Crippen LogP contribution in [0.2, 0.25) is 0 Å². The van der Waals surface area contributed by atoms with E-state index in [4.69, 9.17) is 4.74 Å². The first-order chi connectivity index (χ1) is 10.7. The van der Waals surface area contributed by atoms with Crippen molar-refractivity contribution in [2.45, 2.75) is 6.54 Å². The van der Waals surface area contributed by atoms with Gasteiger partial charge in [-0.15, -0.1) is 35.3 Å². The van der Waals surface area contributed by atoms with Crippen LogP contribution in [0.25, 0.3) is 0 Å². The summed E-state index contributed by atoms with van der Waals surface area (Å²) in [7, 11) is 5.79. The van der Waals surface area contributed by atoms with Gasteiger partial charge in [0, 0.05) is 52.7 Å². The first-order valence-electron chi connectivity index (χ1n) is 7.55. The predicted octanol–water partition coefficient (Wildman–Crippen LogP) is 0.824. The van der Waals surface area contributed by atoms with Gasteiger partial charge in [-0.3, -0.25) is 9.89 Å². The van der Waals surface area contributed by atoms with Crippen LogP contribution >= 0.6 is 35.3 Å². The number of morpholine rings is 1. The van der Waals surface area contributed by atoms with Crippen LogP contribution in [-0.2, 0) is 11.3 Å². The van der Waals surface area contributed by atoms with E-state index in [9.17, 15) is 0 Å². The molecule has 0 radical (unpaired) electrons. The SMILES string of the molecule is CN=C(NCCN1CCOCC1)NCc1csc(N(C)C)n1.I. The molecule has 0 bridgehead atoms. The third-order valence-electron chi connectivity index (χ3n) is 3.41. The second kappa shape index (κ2) is 11.0. The molecule has 1 fully saturated rings. The van der Waals surface area contributed by atoms with Crippen LogP contribution in [0, 0.1) is 0 Å². The summed E-state index contributed by atoms with van der Waals surface area (Å²) in [4.78, 5) is 13.2. The summed E-state index contributed by atoms with van der Waals surface area (Å²) in [5.74, 6) is 0.813. The fraction of sp³-hybridized carbons (Fsp3) is 0.714. The van der Waals surface area contributed by atoms with Crippen LogP contribution in [0.3, 0.4) is 0 Å². The predicted molar refractivity (Wildman–Crippen MR) is 107 cm³/mol. The molecule has 132 valence electrons. The van der Waals surface area contributed by atoms with Gasteiger partial charge in [-0.1, -0.05) is 0 Å². The lowest BCUT2D eigenvalue weighted by atomic mass is 10.4. The lowest BCUT2D eigenvalue weighted by Gasteiger charge is -2.26. The van der Waals surface area contributed by atoms with E-state index in [-0.39, 0.29) is 24.0 Å². The molecular formula is C14H27IN6OS. The Labute approximate surface area is 159 Å². The van der Waals surface area contributed by atoms with E-state index in [1.807, 2.05) is 19.0 Å². The van der Waals surface area contributed by atoms with Crippen molar-refractivity contribution in [3.8, 4) is 0 Å². The fourth-order valence-electron chi connectivity index (χ4n) is 2.13. The Morgan fingerprint density at radius 1 is 1.39 bits per heavy atom. The first-order valence-corrected chi connectivity index (χ1v) is 8.43. The molecule has 0 saturated carbocycles. The van der Waals surface area contributed by atoms with E-state index in [0.29, 0.717) is 6.54 Å². The van der Waals surface area contributed by atoms with E-state index >= 15 is 0 Å². The number of hydrogen-bond donors (Lipinski definition) is 2. The molecule has 1 saturated heterocycles. The molecule has 0 atom stereocenters. The monoisotopic (exact) mass is 454 g/mol. The summed E-state index contributed by atoms with van der Waals surface area (Å²) in [6.45, 7) is 6.27. The summed E-state index contributed by atoms with van der Waals surface area (Å²) in [5, 5.41) is 9.73. The smallest absolute Gasteiger partial charge is 0.191 e. The molecule has 1 aliphatic rings. The third kappa shape index (κ3) is 7.19. The summed E-state index contributed by atoms with van der Waals surface area (Å²) in [6, 6.07) is 0. The number of nitrogens with zero attached hydrogens (tertiary/aromatic N) is 4. The van der Waals surface area contributed by atoms with Crippen LogP contribution in [0.4, 0.5) is 5.13 Å². The standard InChI is InChI=1S/C14H26N6OS.HI/c1-15-13(16-4-5-20-6-8-21-9-7-20)17-10-12-11-22-14(18-12)19(2)3;/h11H,4-10H2,1-3H3,(H2,15,16,17);1H. The van der Waals surface area contributed by atoms with E-state index in [1.165, 1.54) is 0 Å². The number of guanidine groups is 1. The molecule has 7 nitrogen and oxygen atoms in total. The molecule has 1 aromatic rings. The quantitative estimate of drug-likeness (QED) is 0.377. The molecule has 0 unspecified atom stereocenters. The van der Waals surface area contributed by atoms with Crippen molar-refractivity contribution in [1.82, 2.24) is 20.5 Å². The second-order valence-electron chi connectivity index (χ2n) is 5.32. The Morgan fingerprint density at radius 2 is 2.13 bits per heavy atom. The maximum absolute atomic E-state index is 5.35. The zero-order chi connectivity index (χ0) is 15.8. The Bertz CT molecular complexity index is 476. The minimum Gasteiger partial charge on any atom is -0.379 e. The molecule has 2 rings (SSSR count). The molecule has 0 aromatic carbocycles. The highest BCUT2D eigenvalue weighted by molar-refractivity contribution is 14.0. The van der Waals surface area contributed by atoms with Crippen molar-refractivity contribution in [3.05, 3.63) is 11.1 Å². The molecular weight excluding hydrogens is 427 g/mol. The first kappa shape index (κ1) is 20.4.